The van der Waals surface area contributed by atoms with Crippen molar-refractivity contribution in [2.75, 3.05) is 6.54 Å². The zero-order valence-electron chi connectivity index (χ0n) is 14.3. The molecule has 0 saturated carbocycles. The highest BCUT2D eigenvalue weighted by molar-refractivity contribution is 6.42. The summed E-state index contributed by atoms with van der Waals surface area (Å²) < 4.78 is 6.68. The molecule has 0 saturated heterocycles. The number of nitrogens with zero attached hydrogens (tertiary/aromatic N) is 1. The molecule has 6 nitrogen and oxygen atoms in total. The summed E-state index contributed by atoms with van der Waals surface area (Å²) >= 11 is 12.3. The first-order valence-corrected chi connectivity index (χ1v) is 9.39. The van der Waals surface area contributed by atoms with Gasteiger partial charge < -0.3 is 15.1 Å². The van der Waals surface area contributed by atoms with Crippen LogP contribution in [-0.2, 0) is 13.0 Å². The number of oxazole rings is 1. The number of hydrogen-bond acceptors (Lipinski definition) is 3. The first-order chi connectivity index (χ1) is 13.0. The van der Waals surface area contributed by atoms with E-state index in [-0.39, 0.29) is 12.1 Å². The summed E-state index contributed by atoms with van der Waals surface area (Å²) in [7, 11) is 0. The number of nitrogens with one attached hydrogen (secondary N) is 2. The maximum Gasteiger partial charge on any atom is 0.420 e. The second-order valence-corrected chi connectivity index (χ2v) is 7.19. The highest BCUT2D eigenvalue weighted by Gasteiger charge is 2.26. The quantitative estimate of drug-likeness (QED) is 0.690. The van der Waals surface area contributed by atoms with E-state index in [0.29, 0.717) is 34.2 Å². The number of benzene rings is 2. The van der Waals surface area contributed by atoms with Gasteiger partial charge >= 0.3 is 11.8 Å². The van der Waals surface area contributed by atoms with Gasteiger partial charge in [-0.05, 0) is 42.2 Å². The smallest absolute Gasteiger partial charge is 0.408 e. The number of rotatable bonds is 4. The lowest BCUT2D eigenvalue weighted by Crippen LogP contribution is -2.39. The average Bonchev–Trinajstić information content (AvgIpc) is 3.20. The van der Waals surface area contributed by atoms with Crippen molar-refractivity contribution in [1.29, 1.82) is 0 Å². The number of para-hydroxylation sites is 2. The van der Waals surface area contributed by atoms with Gasteiger partial charge in [-0.2, -0.15) is 0 Å². The molecule has 0 spiro atoms. The standard InChI is InChI=1S/C19H17Cl2N3O3/c20-13-7-5-11-12(17(13)21)6-8-14(11)23-18(25)22-9-10-24-15-3-1-2-4-16(15)27-19(24)26/h1-5,7,14H,6,8-10H2,(H2,22,23,25). The normalized spacial score (nSPS) is 15.7. The Bertz CT molecular complexity index is 1070. The number of amides is 2. The molecule has 2 N–H and O–H groups in total. The van der Waals surface area contributed by atoms with Crippen molar-refractivity contribution < 1.29 is 9.21 Å². The molecule has 0 fully saturated rings. The number of fused-ring (bicyclic) bond motifs is 2. The molecule has 140 valence electrons. The number of aromatic nitrogens is 1. The van der Waals surface area contributed by atoms with E-state index < -0.39 is 5.76 Å². The molecule has 0 aliphatic heterocycles. The Morgan fingerprint density at radius 1 is 1.22 bits per heavy atom. The van der Waals surface area contributed by atoms with Crippen molar-refractivity contribution in [3.8, 4) is 0 Å². The van der Waals surface area contributed by atoms with Gasteiger partial charge in [0.05, 0.1) is 21.6 Å². The van der Waals surface area contributed by atoms with Crippen LogP contribution in [0.25, 0.3) is 11.1 Å². The van der Waals surface area contributed by atoms with Gasteiger partial charge in [-0.1, -0.05) is 41.4 Å². The largest absolute Gasteiger partial charge is 0.420 e. The number of hydrogen-bond donors (Lipinski definition) is 2. The third-order valence-corrected chi connectivity index (χ3v) is 5.63. The van der Waals surface area contributed by atoms with Crippen LogP contribution in [0, 0.1) is 0 Å². The van der Waals surface area contributed by atoms with E-state index in [1.807, 2.05) is 18.2 Å². The maximum atomic E-state index is 12.2. The van der Waals surface area contributed by atoms with Crippen molar-refractivity contribution in [3.63, 3.8) is 0 Å². The molecule has 2 aromatic carbocycles. The molecule has 1 unspecified atom stereocenters. The minimum absolute atomic E-state index is 0.104. The van der Waals surface area contributed by atoms with Crippen molar-refractivity contribution in [3.05, 3.63) is 68.1 Å². The van der Waals surface area contributed by atoms with Crippen LogP contribution in [0.15, 0.2) is 45.6 Å². The Kier molecular flexibility index (Phi) is 4.85. The van der Waals surface area contributed by atoms with Crippen LogP contribution in [-0.4, -0.2) is 17.1 Å². The average molecular weight is 406 g/mol. The van der Waals surface area contributed by atoms with Gasteiger partial charge in [-0.15, -0.1) is 0 Å². The molecule has 0 radical (unpaired) electrons. The summed E-state index contributed by atoms with van der Waals surface area (Å²) in [6.45, 7) is 0.627. The van der Waals surface area contributed by atoms with Gasteiger partial charge in [-0.3, -0.25) is 4.57 Å². The molecule has 1 aliphatic carbocycles. The van der Waals surface area contributed by atoms with E-state index in [9.17, 15) is 9.59 Å². The minimum Gasteiger partial charge on any atom is -0.408 e. The van der Waals surface area contributed by atoms with Crippen molar-refractivity contribution in [2.45, 2.75) is 25.4 Å². The second kappa shape index (κ2) is 7.29. The molecule has 8 heteroatoms. The highest BCUT2D eigenvalue weighted by Crippen LogP contribution is 2.38. The Hall–Kier alpha value is -2.44. The summed E-state index contributed by atoms with van der Waals surface area (Å²) in [5, 5.41) is 6.82. The van der Waals surface area contributed by atoms with E-state index in [2.05, 4.69) is 10.6 Å². The molecule has 3 aromatic rings. The Morgan fingerprint density at radius 3 is 2.89 bits per heavy atom. The molecule has 1 aliphatic rings. The molecule has 2 amide bonds. The molecule has 27 heavy (non-hydrogen) atoms. The van der Waals surface area contributed by atoms with Gasteiger partial charge in [0, 0.05) is 13.1 Å². The first kappa shape index (κ1) is 17.9. The van der Waals surface area contributed by atoms with Crippen molar-refractivity contribution >= 4 is 40.3 Å². The molecular formula is C19H17Cl2N3O3. The first-order valence-electron chi connectivity index (χ1n) is 8.64. The lowest BCUT2D eigenvalue weighted by atomic mass is 10.1. The van der Waals surface area contributed by atoms with Crippen molar-refractivity contribution in [1.82, 2.24) is 15.2 Å². The summed E-state index contributed by atoms with van der Waals surface area (Å²) in [5.41, 5.74) is 3.23. The monoisotopic (exact) mass is 405 g/mol. The second-order valence-electron chi connectivity index (χ2n) is 6.41. The Morgan fingerprint density at radius 2 is 2.04 bits per heavy atom. The Labute approximate surface area is 165 Å². The van der Waals surface area contributed by atoms with Crippen LogP contribution in [0.2, 0.25) is 10.0 Å². The number of urea groups is 1. The molecule has 1 heterocycles. The molecule has 1 atom stereocenters. The third kappa shape index (κ3) is 3.42. The van der Waals surface area contributed by atoms with Crippen LogP contribution >= 0.6 is 23.2 Å². The van der Waals surface area contributed by atoms with Crippen LogP contribution in [0.1, 0.15) is 23.6 Å². The molecule has 1 aromatic heterocycles. The topological polar surface area (TPSA) is 76.3 Å². The van der Waals surface area contributed by atoms with Gasteiger partial charge in [0.1, 0.15) is 0 Å². The van der Waals surface area contributed by atoms with Gasteiger partial charge in [-0.25, -0.2) is 9.59 Å². The fourth-order valence-corrected chi connectivity index (χ4v) is 3.94. The predicted octanol–water partition coefficient (Wildman–Crippen LogP) is 3.89. The zero-order valence-corrected chi connectivity index (χ0v) is 15.8. The SMILES string of the molecule is O=C(NCCn1c(=O)oc2ccccc21)NC1CCc2c1ccc(Cl)c2Cl. The molecule has 0 bridgehead atoms. The van der Waals surface area contributed by atoms with E-state index in [1.54, 1.807) is 18.2 Å². The highest BCUT2D eigenvalue weighted by atomic mass is 35.5. The van der Waals surface area contributed by atoms with E-state index in [1.165, 1.54) is 4.57 Å². The fraction of sp³-hybridized carbons (Fsp3) is 0.263. The number of carbonyl (C=O) groups excluding carboxylic acids is 1. The number of carbonyl (C=O) groups is 1. The minimum atomic E-state index is -0.436. The number of halogens is 2. The van der Waals surface area contributed by atoms with Gasteiger partial charge in [0.25, 0.3) is 0 Å². The summed E-state index contributed by atoms with van der Waals surface area (Å²) in [4.78, 5) is 24.2. The lowest BCUT2D eigenvalue weighted by molar-refractivity contribution is 0.236. The summed E-state index contributed by atoms with van der Waals surface area (Å²) in [6, 6.07) is 10.4. The maximum absolute atomic E-state index is 12.2. The fourth-order valence-electron chi connectivity index (χ4n) is 3.50. The summed E-state index contributed by atoms with van der Waals surface area (Å²) in [6.07, 6.45) is 1.55. The summed E-state index contributed by atoms with van der Waals surface area (Å²) in [5.74, 6) is -0.436. The van der Waals surface area contributed by atoms with Crippen molar-refractivity contribution in [2.24, 2.45) is 0 Å². The van der Waals surface area contributed by atoms with Gasteiger partial charge in [0.2, 0.25) is 0 Å². The van der Waals surface area contributed by atoms with Crippen LogP contribution < -0.4 is 16.4 Å². The van der Waals surface area contributed by atoms with E-state index in [4.69, 9.17) is 27.6 Å². The van der Waals surface area contributed by atoms with Crippen LogP contribution in [0.4, 0.5) is 4.79 Å². The van der Waals surface area contributed by atoms with E-state index in [0.717, 1.165) is 24.0 Å². The molecular weight excluding hydrogens is 389 g/mol. The van der Waals surface area contributed by atoms with Gasteiger partial charge in [0.15, 0.2) is 5.58 Å². The molecule has 4 rings (SSSR count). The van der Waals surface area contributed by atoms with Crippen LogP contribution in [0.3, 0.4) is 0 Å². The third-order valence-electron chi connectivity index (χ3n) is 4.79. The lowest BCUT2D eigenvalue weighted by Gasteiger charge is -2.15. The van der Waals surface area contributed by atoms with Crippen LogP contribution in [0.5, 0.6) is 0 Å². The zero-order chi connectivity index (χ0) is 19.0. The van der Waals surface area contributed by atoms with E-state index >= 15 is 0 Å². The predicted molar refractivity (Wildman–Crippen MR) is 105 cm³/mol. The Balaban J connectivity index is 1.37.